The highest BCUT2D eigenvalue weighted by Gasteiger charge is 2.72. The first-order valence-corrected chi connectivity index (χ1v) is 10.7. The highest BCUT2D eigenvalue weighted by atomic mass is 16.8. The summed E-state index contributed by atoms with van der Waals surface area (Å²) < 4.78 is 10.3. The van der Waals surface area contributed by atoms with Crippen molar-refractivity contribution in [1.82, 2.24) is 0 Å². The Hall–Kier alpha value is -1.27. The Morgan fingerprint density at radius 3 is 2.60 bits per heavy atom. The standard InChI is InChI=1S/C23H32O7/c1-5-23(28)19(26)18(25)17-16-14(7-9-22(17,23)3)21(2)8-6-13(30-20(27)29-4)10-12(21)11-15(16)24/h1,11,13-18,20,24-25,27-28H,6-10H2,2-4H3/t13-,14?,15+,16?,17?,18+,20?,21+,22+,23+/m1/s1. The van der Waals surface area contributed by atoms with Crippen LogP contribution in [0.25, 0.3) is 0 Å². The maximum atomic E-state index is 12.8. The highest BCUT2D eigenvalue weighted by Crippen LogP contribution is 2.66. The summed E-state index contributed by atoms with van der Waals surface area (Å²) in [5.41, 5.74) is -2.15. The Morgan fingerprint density at radius 1 is 1.27 bits per heavy atom. The number of aliphatic hydroxyl groups is 4. The van der Waals surface area contributed by atoms with E-state index < -0.39 is 41.4 Å². The van der Waals surface area contributed by atoms with Crippen molar-refractivity contribution in [2.45, 2.75) is 76.3 Å². The summed E-state index contributed by atoms with van der Waals surface area (Å²) in [6, 6.07) is 0. The smallest absolute Gasteiger partial charge is 0.269 e. The van der Waals surface area contributed by atoms with Crippen LogP contribution in [0, 0.1) is 40.9 Å². The van der Waals surface area contributed by atoms with Crippen LogP contribution >= 0.6 is 0 Å². The highest BCUT2D eigenvalue weighted by molar-refractivity contribution is 5.98. The van der Waals surface area contributed by atoms with Gasteiger partial charge in [-0.1, -0.05) is 31.4 Å². The summed E-state index contributed by atoms with van der Waals surface area (Å²) >= 11 is 0. The molecule has 4 rings (SSSR count). The minimum absolute atomic E-state index is 0.0430. The average molecular weight is 421 g/mol. The second kappa shape index (κ2) is 7.13. The first-order valence-electron chi connectivity index (χ1n) is 10.7. The molecule has 0 aromatic heterocycles. The molecular weight excluding hydrogens is 388 g/mol. The summed E-state index contributed by atoms with van der Waals surface area (Å²) in [6.07, 6.45) is 8.21. The van der Waals surface area contributed by atoms with Gasteiger partial charge in [0.1, 0.15) is 6.10 Å². The topological polar surface area (TPSA) is 116 Å². The summed E-state index contributed by atoms with van der Waals surface area (Å²) in [7, 11) is 1.37. The van der Waals surface area contributed by atoms with Crippen LogP contribution in [0.4, 0.5) is 0 Å². The van der Waals surface area contributed by atoms with Crippen LogP contribution in [0.2, 0.25) is 0 Å². The first-order chi connectivity index (χ1) is 14.0. The van der Waals surface area contributed by atoms with Crippen molar-refractivity contribution in [3.05, 3.63) is 11.6 Å². The molecule has 7 heteroatoms. The molecule has 7 nitrogen and oxygen atoms in total. The van der Waals surface area contributed by atoms with E-state index in [1.165, 1.54) is 7.11 Å². The van der Waals surface area contributed by atoms with Gasteiger partial charge >= 0.3 is 0 Å². The lowest BCUT2D eigenvalue weighted by Crippen LogP contribution is -2.58. The van der Waals surface area contributed by atoms with Crippen molar-refractivity contribution >= 4 is 5.78 Å². The lowest BCUT2D eigenvalue weighted by atomic mass is 9.46. The molecule has 4 N–H and O–H groups in total. The number of methoxy groups -OCH3 is 1. The van der Waals surface area contributed by atoms with Crippen molar-refractivity contribution in [2.24, 2.45) is 28.6 Å². The molecule has 0 saturated heterocycles. The van der Waals surface area contributed by atoms with Crippen LogP contribution in [-0.4, -0.2) is 63.7 Å². The molecule has 4 unspecified atom stereocenters. The summed E-state index contributed by atoms with van der Waals surface area (Å²) in [6.45, 7) is 2.66. The maximum absolute atomic E-state index is 12.8. The molecule has 0 radical (unpaired) electrons. The van der Waals surface area contributed by atoms with E-state index in [-0.39, 0.29) is 23.4 Å². The van der Waals surface area contributed by atoms with Gasteiger partial charge in [0.25, 0.3) is 6.48 Å². The first kappa shape index (κ1) is 21.9. The SMILES string of the molecule is C#C[C@]1(O)C(=O)[C@@H](O)C2C3C(CC[C@@]21C)[C@@]1(C)CC[C@@H](OC(O)OC)CC1=C[C@@H]3O. The van der Waals surface area contributed by atoms with Crippen molar-refractivity contribution in [2.75, 3.05) is 7.11 Å². The molecule has 4 aliphatic carbocycles. The number of ketones is 1. The fraction of sp³-hybridized carbons (Fsp3) is 0.783. The molecule has 3 saturated carbocycles. The maximum Gasteiger partial charge on any atom is 0.269 e. The number of aliphatic hydroxyl groups excluding tert-OH is 3. The van der Waals surface area contributed by atoms with Gasteiger partial charge in [0.05, 0.1) is 12.2 Å². The number of hydrogen-bond donors (Lipinski definition) is 4. The predicted molar refractivity (Wildman–Crippen MR) is 107 cm³/mol. The van der Waals surface area contributed by atoms with Crippen LogP contribution in [-0.2, 0) is 14.3 Å². The van der Waals surface area contributed by atoms with E-state index in [1.807, 2.05) is 6.08 Å². The van der Waals surface area contributed by atoms with Crippen LogP contribution in [0.15, 0.2) is 11.6 Å². The normalized spacial score (nSPS) is 51.3. The molecule has 0 aromatic carbocycles. The predicted octanol–water partition coefficient (Wildman–Crippen LogP) is 0.742. The lowest BCUT2D eigenvalue weighted by molar-refractivity contribution is -0.274. The van der Waals surface area contributed by atoms with E-state index in [0.717, 1.165) is 18.4 Å². The Labute approximate surface area is 177 Å². The Kier molecular flexibility index (Phi) is 5.21. The fourth-order valence-electron chi connectivity index (χ4n) is 7.10. The number of carbonyl (C=O) groups is 1. The van der Waals surface area contributed by atoms with E-state index in [9.17, 15) is 25.2 Å². The van der Waals surface area contributed by atoms with Crippen molar-refractivity contribution in [3.8, 4) is 12.3 Å². The zero-order chi connectivity index (χ0) is 22.1. The minimum Gasteiger partial charge on any atom is -0.389 e. The van der Waals surface area contributed by atoms with Gasteiger partial charge < -0.3 is 29.9 Å². The van der Waals surface area contributed by atoms with Gasteiger partial charge in [-0.05, 0) is 49.4 Å². The van der Waals surface area contributed by atoms with Crippen LogP contribution in [0.3, 0.4) is 0 Å². The number of fused-ring (bicyclic) bond motifs is 5. The number of carbonyl (C=O) groups excluding carboxylic acids is 1. The van der Waals surface area contributed by atoms with Crippen molar-refractivity contribution < 1.29 is 34.7 Å². The van der Waals surface area contributed by atoms with E-state index >= 15 is 0 Å². The largest absolute Gasteiger partial charge is 0.389 e. The van der Waals surface area contributed by atoms with E-state index in [2.05, 4.69) is 12.8 Å². The molecular formula is C23H32O7. The van der Waals surface area contributed by atoms with Gasteiger partial charge in [-0.25, -0.2) is 0 Å². The molecule has 166 valence electrons. The van der Waals surface area contributed by atoms with Gasteiger partial charge in [-0.15, -0.1) is 6.42 Å². The van der Waals surface area contributed by atoms with E-state index in [4.69, 9.17) is 15.9 Å². The average Bonchev–Trinajstić information content (AvgIpc) is 2.87. The van der Waals surface area contributed by atoms with Gasteiger partial charge in [0, 0.05) is 18.4 Å². The third-order valence-corrected chi connectivity index (χ3v) is 8.85. The van der Waals surface area contributed by atoms with Gasteiger partial charge in [0.15, 0.2) is 5.60 Å². The zero-order valence-corrected chi connectivity index (χ0v) is 17.7. The number of terminal acetylenes is 1. The van der Waals surface area contributed by atoms with E-state index in [1.54, 1.807) is 6.92 Å². The Morgan fingerprint density at radius 2 is 1.97 bits per heavy atom. The third-order valence-electron chi connectivity index (χ3n) is 8.85. The van der Waals surface area contributed by atoms with Crippen molar-refractivity contribution in [3.63, 3.8) is 0 Å². The molecule has 10 atom stereocenters. The fourth-order valence-corrected chi connectivity index (χ4v) is 7.10. The molecule has 0 aromatic rings. The van der Waals surface area contributed by atoms with Gasteiger partial charge in [-0.3, -0.25) is 4.79 Å². The second-order valence-electron chi connectivity index (χ2n) is 9.97. The molecule has 30 heavy (non-hydrogen) atoms. The van der Waals surface area contributed by atoms with Gasteiger partial charge in [-0.2, -0.15) is 0 Å². The number of ether oxygens (including phenoxy) is 2. The Balaban J connectivity index is 1.69. The minimum atomic E-state index is -2.02. The second-order valence-corrected chi connectivity index (χ2v) is 9.97. The molecule has 0 aliphatic heterocycles. The number of Topliss-reactive ketones (excluding diaryl/α,β-unsaturated/α-hetero) is 1. The monoisotopic (exact) mass is 420 g/mol. The summed E-state index contributed by atoms with van der Waals surface area (Å²) in [5.74, 6) is 0.593. The zero-order valence-electron chi connectivity index (χ0n) is 17.7. The van der Waals surface area contributed by atoms with Crippen LogP contribution in [0.1, 0.15) is 46.0 Å². The van der Waals surface area contributed by atoms with E-state index in [0.29, 0.717) is 19.3 Å². The quantitative estimate of drug-likeness (QED) is 0.302. The van der Waals surface area contributed by atoms with Crippen LogP contribution < -0.4 is 0 Å². The third kappa shape index (κ3) is 2.72. The Bertz CT molecular complexity index is 802. The number of hydrogen-bond acceptors (Lipinski definition) is 7. The van der Waals surface area contributed by atoms with Gasteiger partial charge in [0.2, 0.25) is 5.78 Å². The lowest BCUT2D eigenvalue weighted by Gasteiger charge is -2.59. The summed E-state index contributed by atoms with van der Waals surface area (Å²) in [5, 5.41) is 42.6. The van der Waals surface area contributed by atoms with Crippen LogP contribution in [0.5, 0.6) is 0 Å². The molecule has 0 spiro atoms. The number of rotatable bonds is 3. The molecule has 0 heterocycles. The molecule has 4 aliphatic rings. The summed E-state index contributed by atoms with van der Waals surface area (Å²) in [4.78, 5) is 12.8. The molecule has 3 fully saturated rings. The molecule has 0 amide bonds. The molecule has 0 bridgehead atoms. The van der Waals surface area contributed by atoms with Crippen molar-refractivity contribution in [1.29, 1.82) is 0 Å².